The second-order valence-corrected chi connectivity index (χ2v) is 5.79. The molecule has 1 aliphatic rings. The number of rotatable bonds is 5. The van der Waals surface area contributed by atoms with Gasteiger partial charge < -0.3 is 10.2 Å². The molecule has 0 radical (unpaired) electrons. The molecule has 0 spiro atoms. The molecule has 0 bridgehead atoms. The molecule has 2 rings (SSSR count). The molecule has 1 saturated heterocycles. The number of likely N-dealkylation sites (N-methyl/N-ethyl adjacent to an activating group) is 1. The number of nitrogens with one attached hydrogen (secondary N) is 1. The van der Waals surface area contributed by atoms with Gasteiger partial charge in [0.1, 0.15) is 5.82 Å². The second kappa shape index (κ2) is 7.01. The molecule has 3 heteroatoms. The average molecular weight is 264 g/mol. The van der Waals surface area contributed by atoms with Crippen molar-refractivity contribution in [2.75, 3.05) is 33.2 Å². The quantitative estimate of drug-likeness (QED) is 0.879. The molecule has 1 N–H and O–H groups in total. The highest BCUT2D eigenvalue weighted by atomic mass is 19.1. The summed E-state index contributed by atoms with van der Waals surface area (Å²) in [5, 5.41) is 3.40. The van der Waals surface area contributed by atoms with Gasteiger partial charge in [0.15, 0.2) is 0 Å². The molecule has 1 aliphatic heterocycles. The maximum atomic E-state index is 13.2. The zero-order valence-electron chi connectivity index (χ0n) is 12.1. The van der Waals surface area contributed by atoms with Crippen LogP contribution in [0.4, 0.5) is 4.39 Å². The minimum absolute atomic E-state index is 0.105. The van der Waals surface area contributed by atoms with Crippen LogP contribution >= 0.6 is 0 Å². The van der Waals surface area contributed by atoms with Crippen LogP contribution in [-0.4, -0.2) is 38.1 Å². The number of hydrogen-bond acceptors (Lipinski definition) is 2. The summed E-state index contributed by atoms with van der Waals surface area (Å²) in [4.78, 5) is 2.41. The molecule has 1 heterocycles. The fourth-order valence-corrected chi connectivity index (χ4v) is 2.78. The van der Waals surface area contributed by atoms with Gasteiger partial charge in [0.2, 0.25) is 0 Å². The summed E-state index contributed by atoms with van der Waals surface area (Å²) in [6.07, 6.45) is 3.59. The van der Waals surface area contributed by atoms with Gasteiger partial charge in [0.05, 0.1) is 0 Å². The van der Waals surface area contributed by atoms with Gasteiger partial charge in [-0.3, -0.25) is 0 Å². The third kappa shape index (κ3) is 4.59. The van der Waals surface area contributed by atoms with E-state index in [1.54, 1.807) is 6.07 Å². The first-order valence-electron chi connectivity index (χ1n) is 7.29. The Hall–Kier alpha value is -0.930. The van der Waals surface area contributed by atoms with Crippen LogP contribution in [0.5, 0.6) is 0 Å². The molecule has 1 fully saturated rings. The van der Waals surface area contributed by atoms with Crippen molar-refractivity contribution < 1.29 is 4.39 Å². The van der Waals surface area contributed by atoms with Crippen LogP contribution in [-0.2, 0) is 6.42 Å². The van der Waals surface area contributed by atoms with Crippen molar-refractivity contribution in [1.29, 1.82) is 0 Å². The Balaban J connectivity index is 1.75. The number of halogens is 1. The molecule has 1 aromatic carbocycles. The third-order valence-corrected chi connectivity index (χ3v) is 4.03. The molecule has 106 valence electrons. The summed E-state index contributed by atoms with van der Waals surface area (Å²) in [7, 11) is 2.19. The van der Waals surface area contributed by atoms with Crippen molar-refractivity contribution >= 4 is 0 Å². The van der Waals surface area contributed by atoms with Crippen molar-refractivity contribution in [3.8, 4) is 0 Å². The van der Waals surface area contributed by atoms with E-state index in [1.807, 2.05) is 19.1 Å². The normalized spacial score (nSPS) is 17.1. The van der Waals surface area contributed by atoms with Crippen molar-refractivity contribution in [2.45, 2.75) is 26.2 Å². The molecule has 0 unspecified atom stereocenters. The van der Waals surface area contributed by atoms with E-state index in [0.29, 0.717) is 0 Å². The summed E-state index contributed by atoms with van der Waals surface area (Å²) in [5.74, 6) is 0.730. The summed E-state index contributed by atoms with van der Waals surface area (Å²) in [5.41, 5.74) is 1.98. The SMILES string of the molecule is Cc1cc(CCN(C)CC2CCNCC2)ccc1F. The molecule has 0 atom stereocenters. The molecule has 0 saturated carbocycles. The topological polar surface area (TPSA) is 15.3 Å². The van der Waals surface area contributed by atoms with Crippen molar-refractivity contribution in [3.63, 3.8) is 0 Å². The second-order valence-electron chi connectivity index (χ2n) is 5.79. The molecular weight excluding hydrogens is 239 g/mol. The number of piperidine rings is 1. The Bertz CT molecular complexity index is 400. The number of hydrogen-bond donors (Lipinski definition) is 1. The first-order valence-corrected chi connectivity index (χ1v) is 7.29. The Morgan fingerprint density at radius 3 is 2.74 bits per heavy atom. The van der Waals surface area contributed by atoms with Gasteiger partial charge in [0, 0.05) is 13.1 Å². The molecule has 0 aromatic heterocycles. The minimum Gasteiger partial charge on any atom is -0.317 e. The minimum atomic E-state index is -0.105. The fourth-order valence-electron chi connectivity index (χ4n) is 2.78. The van der Waals surface area contributed by atoms with Crippen LogP contribution in [0, 0.1) is 18.7 Å². The summed E-state index contributed by atoms with van der Waals surface area (Å²) in [6, 6.07) is 5.45. The van der Waals surface area contributed by atoms with E-state index in [-0.39, 0.29) is 5.82 Å². The summed E-state index contributed by atoms with van der Waals surface area (Å²) in [6.45, 7) is 6.39. The van der Waals surface area contributed by atoms with Crippen molar-refractivity contribution in [1.82, 2.24) is 10.2 Å². The van der Waals surface area contributed by atoms with E-state index in [2.05, 4.69) is 17.3 Å². The highest BCUT2D eigenvalue weighted by Crippen LogP contribution is 2.14. The number of nitrogens with zero attached hydrogens (tertiary/aromatic N) is 1. The van der Waals surface area contributed by atoms with Crippen LogP contribution in [0.2, 0.25) is 0 Å². The maximum absolute atomic E-state index is 13.2. The van der Waals surface area contributed by atoms with Crippen LogP contribution in [0.3, 0.4) is 0 Å². The van der Waals surface area contributed by atoms with Gasteiger partial charge in [-0.05, 0) is 69.4 Å². The average Bonchev–Trinajstić information content (AvgIpc) is 2.41. The third-order valence-electron chi connectivity index (χ3n) is 4.03. The Morgan fingerprint density at radius 2 is 2.05 bits per heavy atom. The Labute approximate surface area is 116 Å². The maximum Gasteiger partial charge on any atom is 0.126 e. The Kier molecular flexibility index (Phi) is 5.34. The molecule has 0 amide bonds. The summed E-state index contributed by atoms with van der Waals surface area (Å²) >= 11 is 0. The van der Waals surface area contributed by atoms with Gasteiger partial charge >= 0.3 is 0 Å². The molecule has 0 aliphatic carbocycles. The van der Waals surface area contributed by atoms with E-state index in [1.165, 1.54) is 24.9 Å². The van der Waals surface area contributed by atoms with E-state index in [4.69, 9.17) is 0 Å². The lowest BCUT2D eigenvalue weighted by Gasteiger charge is -2.27. The predicted molar refractivity (Wildman–Crippen MR) is 77.9 cm³/mol. The lowest BCUT2D eigenvalue weighted by molar-refractivity contribution is 0.242. The molecule has 2 nitrogen and oxygen atoms in total. The fraction of sp³-hybridized carbons (Fsp3) is 0.625. The van der Waals surface area contributed by atoms with E-state index in [9.17, 15) is 4.39 Å². The van der Waals surface area contributed by atoms with E-state index < -0.39 is 0 Å². The van der Waals surface area contributed by atoms with Crippen molar-refractivity contribution in [2.24, 2.45) is 5.92 Å². The van der Waals surface area contributed by atoms with Gasteiger partial charge in [-0.1, -0.05) is 12.1 Å². The predicted octanol–water partition coefficient (Wildman–Crippen LogP) is 2.61. The lowest BCUT2D eigenvalue weighted by atomic mass is 9.97. The first-order chi connectivity index (χ1) is 9.15. The van der Waals surface area contributed by atoms with Gasteiger partial charge in [-0.2, -0.15) is 0 Å². The number of aryl methyl sites for hydroxylation is 1. The smallest absolute Gasteiger partial charge is 0.126 e. The monoisotopic (exact) mass is 264 g/mol. The first kappa shape index (κ1) is 14.5. The van der Waals surface area contributed by atoms with Crippen LogP contribution in [0.15, 0.2) is 18.2 Å². The molecular formula is C16H25FN2. The lowest BCUT2D eigenvalue weighted by Crippen LogP contribution is -2.35. The van der Waals surface area contributed by atoms with Crippen LogP contribution in [0.25, 0.3) is 0 Å². The highest BCUT2D eigenvalue weighted by Gasteiger charge is 2.14. The summed E-state index contributed by atoms with van der Waals surface area (Å²) < 4.78 is 13.2. The zero-order valence-corrected chi connectivity index (χ0v) is 12.1. The number of benzene rings is 1. The molecule has 1 aromatic rings. The van der Waals surface area contributed by atoms with Gasteiger partial charge in [0.25, 0.3) is 0 Å². The van der Waals surface area contributed by atoms with Crippen LogP contribution in [0.1, 0.15) is 24.0 Å². The standard InChI is InChI=1S/C16H25FN2/c1-13-11-14(3-4-16(13)17)7-10-19(2)12-15-5-8-18-9-6-15/h3-4,11,15,18H,5-10,12H2,1-2H3. The Morgan fingerprint density at radius 1 is 1.32 bits per heavy atom. The van der Waals surface area contributed by atoms with Crippen molar-refractivity contribution in [3.05, 3.63) is 35.1 Å². The van der Waals surface area contributed by atoms with E-state index in [0.717, 1.165) is 37.5 Å². The van der Waals surface area contributed by atoms with Gasteiger partial charge in [-0.25, -0.2) is 4.39 Å². The molecule has 19 heavy (non-hydrogen) atoms. The van der Waals surface area contributed by atoms with Gasteiger partial charge in [-0.15, -0.1) is 0 Å². The zero-order chi connectivity index (χ0) is 13.7. The van der Waals surface area contributed by atoms with E-state index >= 15 is 0 Å². The highest BCUT2D eigenvalue weighted by molar-refractivity contribution is 5.24. The van der Waals surface area contributed by atoms with Crippen LogP contribution < -0.4 is 5.32 Å². The largest absolute Gasteiger partial charge is 0.317 e.